The second-order valence-corrected chi connectivity index (χ2v) is 1.40. The fourth-order valence-electron chi connectivity index (χ4n) is 0.377. The molecule has 1 rings (SSSR count). The number of hydrogen-bond donors (Lipinski definition) is 1. The lowest BCUT2D eigenvalue weighted by Crippen LogP contribution is -1.94. The van der Waals surface area contributed by atoms with Crippen molar-refractivity contribution in [3.8, 4) is 0 Å². The minimum atomic E-state index is 0. The molecule has 3 nitrogen and oxygen atoms in total. The van der Waals surface area contributed by atoms with Crippen LogP contribution in [0, 0.1) is 0 Å². The number of nitrogens with two attached hydrogens (primary N) is 1. The van der Waals surface area contributed by atoms with Gasteiger partial charge in [-0.15, -0.1) is 24.8 Å². The van der Waals surface area contributed by atoms with Gasteiger partial charge in [-0.05, 0) is 0 Å². The Morgan fingerprint density at radius 2 is 2.11 bits per heavy atom. The van der Waals surface area contributed by atoms with Crippen molar-refractivity contribution >= 4 is 30.8 Å². The highest BCUT2D eigenvalue weighted by molar-refractivity contribution is 5.85. The molecule has 0 unspecified atom stereocenters. The first-order valence-corrected chi connectivity index (χ1v) is 2.03. The zero-order chi connectivity index (χ0) is 5.28. The van der Waals surface area contributed by atoms with Crippen LogP contribution in [0.15, 0.2) is 12.4 Å². The van der Waals surface area contributed by atoms with Crippen LogP contribution < -0.4 is 5.73 Å². The van der Waals surface area contributed by atoms with E-state index >= 15 is 0 Å². The van der Waals surface area contributed by atoms with Crippen molar-refractivity contribution in [3.05, 3.63) is 12.4 Å². The number of nitrogens with zero attached hydrogens (tertiary/aromatic N) is 2. The Labute approximate surface area is 66.1 Å². The topological polar surface area (TPSA) is 43.8 Å². The van der Waals surface area contributed by atoms with Gasteiger partial charge in [0, 0.05) is 19.4 Å². The summed E-state index contributed by atoms with van der Waals surface area (Å²) < 4.78 is 1.75. The zero-order valence-electron chi connectivity index (χ0n) is 4.94. The molecule has 0 atom stereocenters. The van der Waals surface area contributed by atoms with E-state index in [2.05, 4.69) is 4.98 Å². The molecule has 0 aliphatic heterocycles. The molecule has 0 aliphatic carbocycles. The molecular weight excluding hydrogens is 161 g/mol. The van der Waals surface area contributed by atoms with Crippen LogP contribution in [0.5, 0.6) is 0 Å². The summed E-state index contributed by atoms with van der Waals surface area (Å²) in [7, 11) is 1.85. The first kappa shape index (κ1) is 11.4. The molecule has 0 amide bonds. The molecule has 0 fully saturated rings. The predicted octanol–water partition coefficient (Wildman–Crippen LogP) is 0.846. The largest absolute Gasteiger partial charge is 0.369 e. The normalized spacial score (nSPS) is 7.22. The number of hydrogen-bond acceptors (Lipinski definition) is 2. The molecule has 54 valence electrons. The molecule has 2 N–H and O–H groups in total. The number of halogens is 2. The van der Waals surface area contributed by atoms with E-state index in [9.17, 15) is 0 Å². The highest BCUT2D eigenvalue weighted by Crippen LogP contribution is 1.90. The number of aryl methyl sites for hydroxylation is 1. The first-order valence-electron chi connectivity index (χ1n) is 2.03. The van der Waals surface area contributed by atoms with Gasteiger partial charge < -0.3 is 10.3 Å². The van der Waals surface area contributed by atoms with Crippen LogP contribution in [0.2, 0.25) is 0 Å². The first-order chi connectivity index (χ1) is 3.30. The fraction of sp³-hybridized carbons (Fsp3) is 0.250. The average molecular weight is 170 g/mol. The molecular formula is C4H9Cl2N3. The van der Waals surface area contributed by atoms with E-state index in [1.54, 1.807) is 17.0 Å². The molecule has 1 aromatic heterocycles. The van der Waals surface area contributed by atoms with E-state index < -0.39 is 0 Å². The molecule has 0 saturated heterocycles. The highest BCUT2D eigenvalue weighted by atomic mass is 35.5. The third kappa shape index (κ3) is 2.58. The summed E-state index contributed by atoms with van der Waals surface area (Å²) in [4.78, 5) is 3.76. The smallest absolute Gasteiger partial charge is 0.199 e. The van der Waals surface area contributed by atoms with Crippen molar-refractivity contribution in [2.24, 2.45) is 7.05 Å². The maximum atomic E-state index is 5.29. The fourth-order valence-corrected chi connectivity index (χ4v) is 0.377. The minimum absolute atomic E-state index is 0. The maximum absolute atomic E-state index is 5.29. The van der Waals surface area contributed by atoms with Gasteiger partial charge >= 0.3 is 0 Å². The number of nitrogen functional groups attached to an aromatic ring is 1. The second kappa shape index (κ2) is 4.47. The van der Waals surface area contributed by atoms with Gasteiger partial charge in [0.05, 0.1) is 0 Å². The Morgan fingerprint density at radius 1 is 1.56 bits per heavy atom. The van der Waals surface area contributed by atoms with Gasteiger partial charge in [-0.25, -0.2) is 4.98 Å². The van der Waals surface area contributed by atoms with Gasteiger partial charge in [0.2, 0.25) is 0 Å². The van der Waals surface area contributed by atoms with Gasteiger partial charge in [0.25, 0.3) is 0 Å². The average Bonchev–Trinajstić information content (AvgIpc) is 1.91. The van der Waals surface area contributed by atoms with Crippen LogP contribution in [0.4, 0.5) is 5.95 Å². The predicted molar refractivity (Wildman–Crippen MR) is 42.1 cm³/mol. The van der Waals surface area contributed by atoms with E-state index in [-0.39, 0.29) is 24.8 Å². The molecule has 5 heteroatoms. The van der Waals surface area contributed by atoms with Crippen LogP contribution in [0.1, 0.15) is 0 Å². The Balaban J connectivity index is 0. The molecule has 0 bridgehead atoms. The lowest BCUT2D eigenvalue weighted by Gasteiger charge is -1.87. The molecule has 0 aliphatic rings. The standard InChI is InChI=1S/C4H7N3.2ClH/c1-7-3-2-6-4(7)5;;/h2-3H,1H3,(H2,5,6);2*1H. The highest BCUT2D eigenvalue weighted by Gasteiger charge is 1.84. The van der Waals surface area contributed by atoms with Crippen molar-refractivity contribution in [1.82, 2.24) is 9.55 Å². The van der Waals surface area contributed by atoms with Crippen molar-refractivity contribution < 1.29 is 0 Å². The van der Waals surface area contributed by atoms with Gasteiger partial charge in [-0.3, -0.25) is 0 Å². The van der Waals surface area contributed by atoms with Gasteiger partial charge in [0.1, 0.15) is 0 Å². The lowest BCUT2D eigenvalue weighted by molar-refractivity contribution is 0.930. The summed E-state index contributed by atoms with van der Waals surface area (Å²) in [6.07, 6.45) is 3.46. The lowest BCUT2D eigenvalue weighted by atomic mass is 10.9. The quantitative estimate of drug-likeness (QED) is 0.627. The third-order valence-corrected chi connectivity index (χ3v) is 0.858. The maximum Gasteiger partial charge on any atom is 0.199 e. The Kier molecular flexibility index (Phi) is 5.66. The summed E-state index contributed by atoms with van der Waals surface area (Å²) in [6, 6.07) is 0. The number of imidazole rings is 1. The van der Waals surface area contributed by atoms with Crippen molar-refractivity contribution in [2.75, 3.05) is 5.73 Å². The summed E-state index contributed by atoms with van der Waals surface area (Å²) in [5.74, 6) is 0.556. The van der Waals surface area contributed by atoms with E-state index in [1.807, 2.05) is 7.05 Å². The summed E-state index contributed by atoms with van der Waals surface area (Å²) >= 11 is 0. The minimum Gasteiger partial charge on any atom is -0.369 e. The van der Waals surface area contributed by atoms with E-state index in [0.29, 0.717) is 5.95 Å². The van der Waals surface area contributed by atoms with Crippen molar-refractivity contribution in [1.29, 1.82) is 0 Å². The van der Waals surface area contributed by atoms with Crippen molar-refractivity contribution in [2.45, 2.75) is 0 Å². The summed E-state index contributed by atoms with van der Waals surface area (Å²) in [5.41, 5.74) is 5.29. The van der Waals surface area contributed by atoms with E-state index in [0.717, 1.165) is 0 Å². The van der Waals surface area contributed by atoms with Gasteiger partial charge in [-0.1, -0.05) is 0 Å². The van der Waals surface area contributed by atoms with Crippen LogP contribution in [0.3, 0.4) is 0 Å². The summed E-state index contributed by atoms with van der Waals surface area (Å²) in [5, 5.41) is 0. The zero-order valence-corrected chi connectivity index (χ0v) is 6.58. The van der Waals surface area contributed by atoms with Crippen LogP contribution in [-0.4, -0.2) is 9.55 Å². The summed E-state index contributed by atoms with van der Waals surface area (Å²) in [6.45, 7) is 0. The van der Waals surface area contributed by atoms with E-state index in [1.165, 1.54) is 0 Å². The molecule has 1 aromatic rings. The molecule has 0 radical (unpaired) electrons. The SMILES string of the molecule is Cl.Cl.Cn1ccnc1N. The Hall–Kier alpha value is -0.410. The van der Waals surface area contributed by atoms with Gasteiger partial charge in [0.15, 0.2) is 5.95 Å². The van der Waals surface area contributed by atoms with Crippen LogP contribution in [0.25, 0.3) is 0 Å². The monoisotopic (exact) mass is 169 g/mol. The number of anilines is 1. The second-order valence-electron chi connectivity index (χ2n) is 1.40. The number of aromatic nitrogens is 2. The number of rotatable bonds is 0. The molecule has 0 saturated carbocycles. The van der Waals surface area contributed by atoms with Gasteiger partial charge in [-0.2, -0.15) is 0 Å². The molecule has 0 aromatic carbocycles. The molecule has 0 spiro atoms. The van der Waals surface area contributed by atoms with Crippen LogP contribution in [-0.2, 0) is 7.05 Å². The van der Waals surface area contributed by atoms with E-state index in [4.69, 9.17) is 5.73 Å². The Morgan fingerprint density at radius 3 is 2.22 bits per heavy atom. The molecule has 1 heterocycles. The molecule has 9 heavy (non-hydrogen) atoms. The van der Waals surface area contributed by atoms with Crippen LogP contribution >= 0.6 is 24.8 Å². The third-order valence-electron chi connectivity index (χ3n) is 0.858. The Bertz CT molecular complexity index is 146. The van der Waals surface area contributed by atoms with Crippen molar-refractivity contribution in [3.63, 3.8) is 0 Å².